The lowest BCUT2D eigenvalue weighted by Gasteiger charge is -2.09. The molecule has 1 unspecified atom stereocenters. The molecular weight excluding hydrogens is 214 g/mol. The molecule has 4 nitrogen and oxygen atoms in total. The molecule has 1 atom stereocenters. The maximum atomic E-state index is 11.9. The van der Waals surface area contributed by atoms with E-state index in [-0.39, 0.29) is 11.8 Å². The van der Waals surface area contributed by atoms with Crippen LogP contribution in [-0.4, -0.2) is 21.6 Å². The quantitative estimate of drug-likeness (QED) is 0.811. The first-order chi connectivity index (χ1) is 8.10. The van der Waals surface area contributed by atoms with Crippen LogP contribution in [0.4, 0.5) is 0 Å². The van der Waals surface area contributed by atoms with Crippen LogP contribution in [0.25, 0.3) is 0 Å². The van der Waals surface area contributed by atoms with E-state index < -0.39 is 0 Å². The van der Waals surface area contributed by atoms with Crippen molar-refractivity contribution >= 4 is 5.78 Å². The number of Topliss-reactive ketones (excluding diaryl/α,β-unsaturated/α-hetero) is 1. The van der Waals surface area contributed by atoms with Gasteiger partial charge in [-0.3, -0.25) is 9.48 Å². The Hall–Kier alpha value is -1.16. The average molecular weight is 235 g/mol. The first kappa shape index (κ1) is 12.3. The number of aryl methyl sites for hydroxylation is 2. The fourth-order valence-corrected chi connectivity index (χ4v) is 2.24. The average Bonchev–Trinajstić information content (AvgIpc) is 3.04. The molecule has 1 saturated carbocycles. The first-order valence-corrected chi connectivity index (χ1v) is 6.40. The Bertz CT molecular complexity index is 407. The van der Waals surface area contributed by atoms with E-state index in [4.69, 9.17) is 5.73 Å². The van der Waals surface area contributed by atoms with Gasteiger partial charge in [0.25, 0.3) is 0 Å². The highest BCUT2D eigenvalue weighted by molar-refractivity contribution is 5.81. The molecule has 1 aromatic rings. The molecule has 2 rings (SSSR count). The Kier molecular flexibility index (Phi) is 3.62. The Morgan fingerprint density at radius 2 is 2.35 bits per heavy atom. The van der Waals surface area contributed by atoms with Gasteiger partial charge in [-0.05, 0) is 38.7 Å². The van der Waals surface area contributed by atoms with Gasteiger partial charge in [0.05, 0.1) is 5.69 Å². The summed E-state index contributed by atoms with van der Waals surface area (Å²) in [6.45, 7) is 4.80. The van der Waals surface area contributed by atoms with Crippen LogP contribution >= 0.6 is 0 Å². The van der Waals surface area contributed by atoms with Crippen LogP contribution in [0.3, 0.4) is 0 Å². The number of hydrogen-bond acceptors (Lipinski definition) is 3. The molecule has 0 saturated heterocycles. The number of carbonyl (C=O) groups excluding carboxylic acids is 1. The molecule has 1 fully saturated rings. The number of ketones is 1. The van der Waals surface area contributed by atoms with Crippen LogP contribution in [0.1, 0.15) is 37.6 Å². The molecule has 94 valence electrons. The lowest BCUT2D eigenvalue weighted by molar-refractivity contribution is -0.118. The van der Waals surface area contributed by atoms with Crippen molar-refractivity contribution in [3.8, 4) is 0 Å². The van der Waals surface area contributed by atoms with E-state index in [1.165, 1.54) is 12.8 Å². The van der Waals surface area contributed by atoms with Gasteiger partial charge in [0.15, 0.2) is 0 Å². The highest BCUT2D eigenvalue weighted by atomic mass is 16.1. The van der Waals surface area contributed by atoms with E-state index in [0.717, 1.165) is 17.9 Å². The molecule has 1 aliphatic carbocycles. The fourth-order valence-electron chi connectivity index (χ4n) is 2.24. The fraction of sp³-hybridized carbons (Fsp3) is 0.692. The second kappa shape index (κ2) is 5.00. The molecule has 0 bridgehead atoms. The monoisotopic (exact) mass is 235 g/mol. The molecule has 4 heteroatoms. The molecular formula is C13H21N3O. The van der Waals surface area contributed by atoms with E-state index in [2.05, 4.69) is 5.10 Å². The Morgan fingerprint density at radius 3 is 2.94 bits per heavy atom. The summed E-state index contributed by atoms with van der Waals surface area (Å²) < 4.78 is 1.90. The van der Waals surface area contributed by atoms with Crippen molar-refractivity contribution in [3.63, 3.8) is 0 Å². The lowest BCUT2D eigenvalue weighted by Crippen LogP contribution is -2.27. The van der Waals surface area contributed by atoms with Crippen LogP contribution in [0.15, 0.2) is 6.07 Å². The summed E-state index contributed by atoms with van der Waals surface area (Å²) in [7, 11) is 0. The van der Waals surface area contributed by atoms with Gasteiger partial charge in [-0.2, -0.15) is 5.10 Å². The van der Waals surface area contributed by atoms with Crippen LogP contribution < -0.4 is 5.73 Å². The normalized spacial score (nSPS) is 17.1. The van der Waals surface area contributed by atoms with Crippen molar-refractivity contribution < 1.29 is 4.79 Å². The van der Waals surface area contributed by atoms with Crippen molar-refractivity contribution in [3.05, 3.63) is 17.5 Å². The number of rotatable bonds is 6. The summed E-state index contributed by atoms with van der Waals surface area (Å²) in [4.78, 5) is 11.9. The number of hydrogen-bond donors (Lipinski definition) is 1. The van der Waals surface area contributed by atoms with E-state index in [9.17, 15) is 4.79 Å². The van der Waals surface area contributed by atoms with Crippen LogP contribution in [0.5, 0.6) is 0 Å². The van der Waals surface area contributed by atoms with Crippen molar-refractivity contribution in [2.45, 2.75) is 52.1 Å². The maximum absolute atomic E-state index is 11.9. The molecule has 1 aromatic heterocycles. The molecule has 17 heavy (non-hydrogen) atoms. The number of carbonyl (C=O) groups is 1. The lowest BCUT2D eigenvalue weighted by atomic mass is 10.0. The largest absolute Gasteiger partial charge is 0.327 e. The van der Waals surface area contributed by atoms with Crippen molar-refractivity contribution in [1.82, 2.24) is 9.78 Å². The van der Waals surface area contributed by atoms with E-state index in [0.29, 0.717) is 18.8 Å². The van der Waals surface area contributed by atoms with E-state index >= 15 is 0 Å². The van der Waals surface area contributed by atoms with Gasteiger partial charge in [-0.15, -0.1) is 0 Å². The summed E-state index contributed by atoms with van der Waals surface area (Å²) in [5.74, 6) is 0.829. The van der Waals surface area contributed by atoms with Gasteiger partial charge >= 0.3 is 0 Å². The second-order valence-corrected chi connectivity index (χ2v) is 5.01. The minimum Gasteiger partial charge on any atom is -0.327 e. The summed E-state index contributed by atoms with van der Waals surface area (Å²) in [5.41, 5.74) is 7.95. The topological polar surface area (TPSA) is 60.9 Å². The number of aromatic nitrogens is 2. The maximum Gasteiger partial charge on any atom is 0.140 e. The zero-order valence-corrected chi connectivity index (χ0v) is 10.6. The number of nitrogens with zero attached hydrogens (tertiary/aromatic N) is 2. The smallest absolute Gasteiger partial charge is 0.140 e. The highest BCUT2D eigenvalue weighted by Gasteiger charge is 2.29. The third kappa shape index (κ3) is 3.16. The molecule has 0 spiro atoms. The zero-order chi connectivity index (χ0) is 12.4. The Labute approximate surface area is 102 Å². The number of nitrogens with two attached hydrogens (primary N) is 1. The molecule has 0 aliphatic heterocycles. The summed E-state index contributed by atoms with van der Waals surface area (Å²) in [6, 6.07) is 2.06. The second-order valence-electron chi connectivity index (χ2n) is 5.01. The predicted molar refractivity (Wildman–Crippen MR) is 66.7 cm³/mol. The standard InChI is InChI=1S/C13H21N3O/c1-3-16-11(6-9(2)15-16)7-12(17)8-13(14)10-4-5-10/h6,10,13H,3-5,7-8,14H2,1-2H3. The van der Waals surface area contributed by atoms with E-state index in [1.807, 2.05) is 24.6 Å². The van der Waals surface area contributed by atoms with Crippen molar-refractivity contribution in [2.24, 2.45) is 11.7 Å². The molecule has 0 radical (unpaired) electrons. The van der Waals surface area contributed by atoms with E-state index in [1.54, 1.807) is 0 Å². The Balaban J connectivity index is 1.92. The van der Waals surface area contributed by atoms with Gasteiger partial charge in [-0.1, -0.05) is 0 Å². The van der Waals surface area contributed by atoms with Crippen LogP contribution in [0, 0.1) is 12.8 Å². The minimum absolute atomic E-state index is 0.0709. The molecule has 1 aliphatic rings. The van der Waals surface area contributed by atoms with Gasteiger partial charge in [0, 0.05) is 31.1 Å². The van der Waals surface area contributed by atoms with Gasteiger partial charge in [-0.25, -0.2) is 0 Å². The van der Waals surface area contributed by atoms with Crippen LogP contribution in [-0.2, 0) is 17.8 Å². The molecule has 0 aromatic carbocycles. The van der Waals surface area contributed by atoms with Gasteiger partial charge < -0.3 is 5.73 Å². The SMILES string of the molecule is CCn1nc(C)cc1CC(=O)CC(N)C1CC1. The Morgan fingerprint density at radius 1 is 1.65 bits per heavy atom. The molecule has 0 amide bonds. The minimum atomic E-state index is 0.0709. The predicted octanol–water partition coefficient (Wildman–Crippen LogP) is 1.45. The van der Waals surface area contributed by atoms with Gasteiger partial charge in [0.1, 0.15) is 5.78 Å². The summed E-state index contributed by atoms with van der Waals surface area (Å²) in [6.07, 6.45) is 3.37. The third-order valence-corrected chi connectivity index (χ3v) is 3.35. The van der Waals surface area contributed by atoms with Crippen LogP contribution in [0.2, 0.25) is 0 Å². The van der Waals surface area contributed by atoms with Gasteiger partial charge in [0.2, 0.25) is 0 Å². The first-order valence-electron chi connectivity index (χ1n) is 6.40. The third-order valence-electron chi connectivity index (χ3n) is 3.35. The molecule has 2 N–H and O–H groups in total. The van der Waals surface area contributed by atoms with Crippen molar-refractivity contribution in [1.29, 1.82) is 0 Å². The van der Waals surface area contributed by atoms with Crippen molar-refractivity contribution in [2.75, 3.05) is 0 Å². The summed E-state index contributed by atoms with van der Waals surface area (Å²) in [5, 5.41) is 4.34. The summed E-state index contributed by atoms with van der Waals surface area (Å²) >= 11 is 0. The zero-order valence-electron chi connectivity index (χ0n) is 10.6. The highest BCUT2D eigenvalue weighted by Crippen LogP contribution is 2.32. The molecule has 1 heterocycles.